The number of hydrogen-bond donors (Lipinski definition) is 5. The number of carboxylic acids is 1. The number of carbonyl (C=O) groups excluding carboxylic acids is 2. The number of halogens is 1. The third kappa shape index (κ3) is 5.24. The molecule has 0 spiro atoms. The molecule has 15 heteroatoms. The quantitative estimate of drug-likeness (QED) is 0.150. The molecule has 1 aliphatic rings. The van der Waals surface area contributed by atoms with Gasteiger partial charge in [0.1, 0.15) is 28.6 Å². The predicted octanol–water partition coefficient (Wildman–Crippen LogP) is 1.41. The van der Waals surface area contributed by atoms with E-state index in [-0.39, 0.29) is 58.7 Å². The van der Waals surface area contributed by atoms with Crippen molar-refractivity contribution in [2.45, 2.75) is 38.9 Å². The second kappa shape index (κ2) is 11.3. The molecule has 2 aromatic heterocycles. The van der Waals surface area contributed by atoms with Crippen LogP contribution in [-0.2, 0) is 19.5 Å². The standard InChI is InChI=1S/C30H25FN8O6/c1-13-16-5-7-20(18(16)4-3-17(13)30(44)45)37-28(42)21-9-22(39-23(36-21)12-35-38-39)29(43)34-10-14-2-6-19(31)15(8-14)11-33-25-24(32)26(40)27(25)41/h2-4,6,8-9,12,20,33H,5,7,10-11,32H2,1H3,(H,34,43)(H,37,42)(H,44,45)/t20-/m0/s1. The van der Waals surface area contributed by atoms with E-state index in [1.54, 1.807) is 13.0 Å². The summed E-state index contributed by atoms with van der Waals surface area (Å²) in [5.74, 6) is -2.72. The van der Waals surface area contributed by atoms with Crippen LogP contribution in [0.4, 0.5) is 15.8 Å². The van der Waals surface area contributed by atoms with Crippen LogP contribution in [0.1, 0.15) is 71.6 Å². The summed E-state index contributed by atoms with van der Waals surface area (Å²) in [5.41, 5.74) is 7.10. The monoisotopic (exact) mass is 612 g/mol. The number of nitrogens with two attached hydrogens (primary N) is 1. The SMILES string of the molecule is Cc1c(C(=O)O)ccc2c1CC[C@@H]2NC(=O)c1cc(C(=O)NCc2ccc(F)c(CNc3c(N)c(=O)c3=O)c2)n2nncc2n1. The average molecular weight is 613 g/mol. The number of carbonyl (C=O) groups is 3. The third-order valence-electron chi connectivity index (χ3n) is 7.93. The van der Waals surface area contributed by atoms with Gasteiger partial charge in [-0.15, -0.1) is 5.10 Å². The highest BCUT2D eigenvalue weighted by Gasteiger charge is 2.28. The molecule has 228 valence electrons. The molecule has 0 aliphatic heterocycles. The fraction of sp³-hybridized carbons (Fsp3) is 0.200. The van der Waals surface area contributed by atoms with Crippen LogP contribution in [-0.4, -0.2) is 42.7 Å². The normalized spacial score (nSPS) is 14.0. The number of nitrogens with zero attached hydrogens (tertiary/aromatic N) is 4. The van der Waals surface area contributed by atoms with E-state index in [0.29, 0.717) is 24.0 Å². The van der Waals surface area contributed by atoms with Crippen molar-refractivity contribution in [3.63, 3.8) is 0 Å². The van der Waals surface area contributed by atoms with Gasteiger partial charge in [-0.1, -0.05) is 17.3 Å². The zero-order chi connectivity index (χ0) is 32.0. The maximum absolute atomic E-state index is 14.4. The van der Waals surface area contributed by atoms with Crippen molar-refractivity contribution in [3.8, 4) is 0 Å². The molecule has 1 atom stereocenters. The Bertz CT molecular complexity index is 2120. The first-order chi connectivity index (χ1) is 21.5. The molecule has 0 saturated heterocycles. The maximum Gasteiger partial charge on any atom is 0.335 e. The Balaban J connectivity index is 1.17. The van der Waals surface area contributed by atoms with E-state index in [0.717, 1.165) is 11.1 Å². The third-order valence-corrected chi connectivity index (χ3v) is 7.93. The summed E-state index contributed by atoms with van der Waals surface area (Å²) in [6.45, 7) is 1.61. The van der Waals surface area contributed by atoms with Gasteiger partial charge in [-0.2, -0.15) is 4.52 Å². The summed E-state index contributed by atoms with van der Waals surface area (Å²) >= 11 is 0. The molecular formula is C30H25FN8O6. The van der Waals surface area contributed by atoms with Crippen molar-refractivity contribution < 1.29 is 23.9 Å². The molecule has 6 rings (SSSR count). The van der Waals surface area contributed by atoms with E-state index >= 15 is 0 Å². The van der Waals surface area contributed by atoms with Gasteiger partial charge in [-0.05, 0) is 60.2 Å². The number of nitrogens with one attached hydrogen (secondary N) is 3. The Morgan fingerprint density at radius 3 is 2.64 bits per heavy atom. The Morgan fingerprint density at radius 2 is 1.89 bits per heavy atom. The lowest BCUT2D eigenvalue weighted by Gasteiger charge is -2.16. The summed E-state index contributed by atoms with van der Waals surface area (Å²) in [6.07, 6.45) is 2.48. The van der Waals surface area contributed by atoms with E-state index in [1.807, 2.05) is 0 Å². The maximum atomic E-state index is 14.4. The van der Waals surface area contributed by atoms with Crippen molar-refractivity contribution in [2.24, 2.45) is 0 Å². The van der Waals surface area contributed by atoms with Gasteiger partial charge in [0.2, 0.25) is 0 Å². The van der Waals surface area contributed by atoms with Crippen LogP contribution < -0.4 is 32.5 Å². The highest BCUT2D eigenvalue weighted by molar-refractivity contribution is 5.98. The summed E-state index contributed by atoms with van der Waals surface area (Å²) < 4.78 is 15.6. The molecule has 0 bridgehead atoms. The van der Waals surface area contributed by atoms with Gasteiger partial charge >= 0.3 is 5.97 Å². The van der Waals surface area contributed by atoms with E-state index in [9.17, 15) is 33.5 Å². The minimum absolute atomic E-state index is 0.0176. The number of nitrogen functional groups attached to an aromatic ring is 1. The molecule has 5 aromatic rings. The van der Waals surface area contributed by atoms with E-state index in [4.69, 9.17) is 5.73 Å². The fourth-order valence-electron chi connectivity index (χ4n) is 5.51. The molecule has 45 heavy (non-hydrogen) atoms. The van der Waals surface area contributed by atoms with Gasteiger partial charge < -0.3 is 26.8 Å². The first-order valence-corrected chi connectivity index (χ1v) is 13.8. The number of aromatic nitrogens is 4. The Hall–Kier alpha value is -5.99. The minimum atomic E-state index is -1.01. The summed E-state index contributed by atoms with van der Waals surface area (Å²) in [6, 6.07) is 8.32. The molecule has 0 unspecified atom stereocenters. The van der Waals surface area contributed by atoms with Crippen LogP contribution in [0.2, 0.25) is 0 Å². The van der Waals surface area contributed by atoms with Crippen molar-refractivity contribution >= 4 is 34.8 Å². The first-order valence-electron chi connectivity index (χ1n) is 13.8. The van der Waals surface area contributed by atoms with E-state index in [2.05, 4.69) is 31.2 Å². The number of carboxylic acid groups (broad SMARTS) is 1. The molecule has 3 aromatic carbocycles. The van der Waals surface area contributed by atoms with Crippen molar-refractivity contribution in [3.05, 3.63) is 114 Å². The van der Waals surface area contributed by atoms with Crippen molar-refractivity contribution in [2.75, 3.05) is 11.1 Å². The molecule has 0 saturated carbocycles. The molecule has 2 amide bonds. The molecule has 2 heterocycles. The highest BCUT2D eigenvalue weighted by Crippen LogP contribution is 2.35. The smallest absolute Gasteiger partial charge is 0.335 e. The van der Waals surface area contributed by atoms with E-state index < -0.39 is 34.5 Å². The van der Waals surface area contributed by atoms with Crippen molar-refractivity contribution in [1.82, 2.24) is 30.4 Å². The van der Waals surface area contributed by atoms with Crippen LogP contribution >= 0.6 is 0 Å². The van der Waals surface area contributed by atoms with Crippen LogP contribution in [0, 0.1) is 12.7 Å². The van der Waals surface area contributed by atoms with Gasteiger partial charge in [0.05, 0.1) is 17.8 Å². The molecule has 1 aliphatic carbocycles. The summed E-state index contributed by atoms with van der Waals surface area (Å²) in [7, 11) is 0. The molecule has 0 radical (unpaired) electrons. The van der Waals surface area contributed by atoms with Gasteiger partial charge in [0.15, 0.2) is 5.65 Å². The number of aromatic carboxylic acids is 1. The zero-order valence-corrected chi connectivity index (χ0v) is 23.7. The zero-order valence-electron chi connectivity index (χ0n) is 23.7. The fourth-order valence-corrected chi connectivity index (χ4v) is 5.51. The van der Waals surface area contributed by atoms with Crippen LogP contribution in [0.3, 0.4) is 0 Å². The molecule has 0 fully saturated rings. The van der Waals surface area contributed by atoms with Gasteiger partial charge in [-0.3, -0.25) is 19.2 Å². The van der Waals surface area contributed by atoms with Gasteiger partial charge in [-0.25, -0.2) is 14.2 Å². The van der Waals surface area contributed by atoms with Crippen LogP contribution in [0.15, 0.2) is 52.2 Å². The lowest BCUT2D eigenvalue weighted by atomic mass is 9.98. The summed E-state index contributed by atoms with van der Waals surface area (Å²) in [5, 5.41) is 25.4. The molecular weight excluding hydrogens is 587 g/mol. The first kappa shape index (κ1) is 29.1. The van der Waals surface area contributed by atoms with Crippen molar-refractivity contribution in [1.29, 1.82) is 0 Å². The van der Waals surface area contributed by atoms with E-state index in [1.165, 1.54) is 41.0 Å². The largest absolute Gasteiger partial charge is 0.478 e. The number of rotatable bonds is 9. The Kier molecular flexibility index (Phi) is 7.28. The molecule has 6 N–H and O–H groups in total. The molecule has 14 nitrogen and oxygen atoms in total. The number of benzene rings is 2. The average Bonchev–Trinajstić information content (AvgIpc) is 3.68. The van der Waals surface area contributed by atoms with Gasteiger partial charge in [0.25, 0.3) is 22.7 Å². The van der Waals surface area contributed by atoms with Crippen LogP contribution in [0.5, 0.6) is 0 Å². The number of hydrogen-bond acceptors (Lipinski definition) is 10. The second-order valence-corrected chi connectivity index (χ2v) is 10.6. The number of amides is 2. The van der Waals surface area contributed by atoms with Gasteiger partial charge in [0, 0.05) is 24.7 Å². The predicted molar refractivity (Wildman–Crippen MR) is 158 cm³/mol. The lowest BCUT2D eigenvalue weighted by molar-refractivity contribution is 0.0695. The van der Waals surface area contributed by atoms with Crippen LogP contribution in [0.25, 0.3) is 5.65 Å². The Morgan fingerprint density at radius 1 is 1.09 bits per heavy atom. The topological polar surface area (TPSA) is 211 Å². The number of anilines is 2. The lowest BCUT2D eigenvalue weighted by Crippen LogP contribution is -2.37. The number of fused-ring (bicyclic) bond motifs is 2. The summed E-state index contributed by atoms with van der Waals surface area (Å²) in [4.78, 5) is 65.3. The minimum Gasteiger partial charge on any atom is -0.478 e. The Labute approximate surface area is 252 Å². The second-order valence-electron chi connectivity index (χ2n) is 10.6. The highest BCUT2D eigenvalue weighted by atomic mass is 19.1.